The van der Waals surface area contributed by atoms with Crippen LogP contribution in [0.3, 0.4) is 0 Å². The van der Waals surface area contributed by atoms with Crippen LogP contribution in [0.25, 0.3) is 0 Å². The summed E-state index contributed by atoms with van der Waals surface area (Å²) in [5.41, 5.74) is 1.93. The fraction of sp³-hybridized carbons (Fsp3) is 0.474. The van der Waals surface area contributed by atoms with Gasteiger partial charge in [0.1, 0.15) is 13.2 Å². The maximum atomic E-state index is 13.4. The number of rotatable bonds is 24. The first-order valence-corrected chi connectivity index (χ1v) is 16.8. The van der Waals surface area contributed by atoms with E-state index in [1.807, 2.05) is 66.7 Å². The van der Waals surface area contributed by atoms with E-state index >= 15 is 0 Å². The van der Waals surface area contributed by atoms with Crippen LogP contribution in [0.2, 0.25) is 0 Å². The van der Waals surface area contributed by atoms with Crippen molar-refractivity contribution in [2.24, 2.45) is 11.8 Å². The summed E-state index contributed by atoms with van der Waals surface area (Å²) >= 11 is 0. The third-order valence-corrected chi connectivity index (χ3v) is 7.79. The Morgan fingerprint density at radius 1 is 0.833 bits per heavy atom. The summed E-state index contributed by atoms with van der Waals surface area (Å²) < 4.78 is 11.1. The highest BCUT2D eigenvalue weighted by molar-refractivity contribution is 5.86. The van der Waals surface area contributed by atoms with Crippen molar-refractivity contribution >= 4 is 23.9 Å². The van der Waals surface area contributed by atoms with Gasteiger partial charge in [-0.05, 0) is 69.4 Å². The van der Waals surface area contributed by atoms with Crippen molar-refractivity contribution in [3.8, 4) is 0 Å². The van der Waals surface area contributed by atoms with Gasteiger partial charge >= 0.3 is 12.1 Å². The molecule has 3 amide bonds. The average molecular weight is 664 g/mol. The topological polar surface area (TPSA) is 143 Å². The molecule has 2 aromatic rings. The number of unbranched alkanes of at least 4 members (excludes halogenated alkanes) is 2. The fourth-order valence-corrected chi connectivity index (χ4v) is 5.09. The van der Waals surface area contributed by atoms with Crippen LogP contribution < -0.4 is 16.0 Å². The normalized spacial score (nSPS) is 13.2. The fourth-order valence-electron chi connectivity index (χ4n) is 5.09. The zero-order valence-electron chi connectivity index (χ0n) is 28.2. The van der Waals surface area contributed by atoms with E-state index in [9.17, 15) is 24.3 Å². The number of ether oxygens (including phenoxy) is 2. The number of nitrogens with one attached hydrogen (secondary N) is 3. The van der Waals surface area contributed by atoms with Crippen LogP contribution in [0.5, 0.6) is 0 Å². The van der Waals surface area contributed by atoms with E-state index in [0.29, 0.717) is 38.6 Å². The standard InChI is InChI=1S/C38H53N3O7/c1-4-6-9-21-33(24-30-17-10-7-11-18-30)37(45)47-28-34(41-36(44)32(16-5-2)25-35(43)40-29(3)26-42)22-14-15-23-39-38(46)48-27-31-19-12-8-13-20-31/h4-5,7-8,10-13,17-20,29,32-34,42H,1-2,6,9,14-16,21-28H2,3H3,(H,39,46)(H,40,43)(H,41,44). The van der Waals surface area contributed by atoms with Crippen LogP contribution >= 0.6 is 0 Å². The molecule has 262 valence electrons. The van der Waals surface area contributed by atoms with Crippen LogP contribution in [0.15, 0.2) is 86.0 Å². The molecule has 0 saturated carbocycles. The number of amides is 3. The predicted molar refractivity (Wildman–Crippen MR) is 187 cm³/mol. The number of hydrogen-bond acceptors (Lipinski definition) is 7. The Balaban J connectivity index is 2.01. The van der Waals surface area contributed by atoms with Crippen LogP contribution in [0.1, 0.15) is 69.4 Å². The molecule has 4 atom stereocenters. The van der Waals surface area contributed by atoms with Gasteiger partial charge in [-0.1, -0.05) is 72.8 Å². The van der Waals surface area contributed by atoms with Gasteiger partial charge in [0.05, 0.1) is 24.5 Å². The van der Waals surface area contributed by atoms with E-state index < -0.39 is 24.1 Å². The van der Waals surface area contributed by atoms with Gasteiger partial charge in [0.2, 0.25) is 11.8 Å². The van der Waals surface area contributed by atoms with Gasteiger partial charge in [0.25, 0.3) is 0 Å². The quantitative estimate of drug-likeness (QED) is 0.0669. The first-order chi connectivity index (χ1) is 23.2. The van der Waals surface area contributed by atoms with E-state index in [4.69, 9.17) is 9.47 Å². The van der Waals surface area contributed by atoms with Crippen molar-refractivity contribution < 1.29 is 33.8 Å². The van der Waals surface area contributed by atoms with E-state index in [1.165, 1.54) is 0 Å². The summed E-state index contributed by atoms with van der Waals surface area (Å²) in [4.78, 5) is 51.4. The number of allylic oxidation sites excluding steroid dienone is 2. The highest BCUT2D eigenvalue weighted by atomic mass is 16.5. The van der Waals surface area contributed by atoms with Crippen molar-refractivity contribution in [2.75, 3.05) is 19.8 Å². The predicted octanol–water partition coefficient (Wildman–Crippen LogP) is 5.41. The maximum Gasteiger partial charge on any atom is 0.407 e. The first-order valence-electron chi connectivity index (χ1n) is 16.8. The van der Waals surface area contributed by atoms with Crippen LogP contribution in [0.4, 0.5) is 4.79 Å². The molecule has 0 aliphatic heterocycles. The molecule has 0 heterocycles. The molecule has 0 radical (unpaired) electrons. The third kappa shape index (κ3) is 16.9. The van der Waals surface area contributed by atoms with Crippen molar-refractivity contribution in [3.63, 3.8) is 0 Å². The number of benzene rings is 2. The number of carbonyl (C=O) groups is 4. The largest absolute Gasteiger partial charge is 0.463 e. The average Bonchev–Trinajstić information content (AvgIpc) is 3.09. The summed E-state index contributed by atoms with van der Waals surface area (Å²) in [5, 5.41) is 17.7. The van der Waals surface area contributed by atoms with E-state index in [2.05, 4.69) is 29.1 Å². The molecule has 0 aromatic heterocycles. The minimum atomic E-state index is -0.683. The van der Waals surface area contributed by atoms with Gasteiger partial charge in [-0.25, -0.2) is 4.79 Å². The first kappa shape index (κ1) is 39.7. The number of aliphatic hydroxyl groups is 1. The highest BCUT2D eigenvalue weighted by Gasteiger charge is 2.26. The summed E-state index contributed by atoms with van der Waals surface area (Å²) in [6.07, 6.45) is 7.59. The molecule has 48 heavy (non-hydrogen) atoms. The molecule has 0 bridgehead atoms. The zero-order chi connectivity index (χ0) is 35.0. The highest BCUT2D eigenvalue weighted by Crippen LogP contribution is 2.19. The second-order valence-electron chi connectivity index (χ2n) is 12.0. The van der Waals surface area contributed by atoms with Gasteiger partial charge in [-0.2, -0.15) is 0 Å². The minimum absolute atomic E-state index is 0.0293. The number of esters is 1. The summed E-state index contributed by atoms with van der Waals surface area (Å²) in [7, 11) is 0. The molecule has 4 N–H and O–H groups in total. The van der Waals surface area contributed by atoms with Gasteiger partial charge in [-0.15, -0.1) is 13.2 Å². The molecule has 0 spiro atoms. The number of alkyl carbamates (subject to hydrolysis) is 1. The van der Waals surface area contributed by atoms with Crippen LogP contribution in [-0.4, -0.2) is 60.8 Å². The van der Waals surface area contributed by atoms with Gasteiger partial charge < -0.3 is 30.5 Å². The van der Waals surface area contributed by atoms with Crippen molar-refractivity contribution in [2.45, 2.75) is 83.4 Å². The van der Waals surface area contributed by atoms with Crippen LogP contribution in [-0.2, 0) is 36.9 Å². The second-order valence-corrected chi connectivity index (χ2v) is 12.0. The molecule has 0 aliphatic rings. The Labute approximate surface area is 285 Å². The van der Waals surface area contributed by atoms with Gasteiger partial charge in [-0.3, -0.25) is 14.4 Å². The monoisotopic (exact) mass is 663 g/mol. The lowest BCUT2D eigenvalue weighted by Crippen LogP contribution is -2.44. The van der Waals surface area contributed by atoms with E-state index in [0.717, 1.165) is 24.0 Å². The second kappa shape index (κ2) is 23.8. The number of carbonyl (C=O) groups excluding carboxylic acids is 4. The number of aliphatic hydroxyl groups excluding tert-OH is 1. The Bertz CT molecular complexity index is 1260. The minimum Gasteiger partial charge on any atom is -0.463 e. The Morgan fingerprint density at radius 3 is 2.17 bits per heavy atom. The van der Waals surface area contributed by atoms with Crippen molar-refractivity contribution in [1.29, 1.82) is 0 Å². The van der Waals surface area contributed by atoms with E-state index in [1.54, 1.807) is 13.0 Å². The molecule has 10 nitrogen and oxygen atoms in total. The molecule has 2 aromatic carbocycles. The molecule has 0 fully saturated rings. The molecule has 10 heteroatoms. The maximum absolute atomic E-state index is 13.4. The summed E-state index contributed by atoms with van der Waals surface area (Å²) in [6, 6.07) is 18.2. The summed E-state index contributed by atoms with van der Waals surface area (Å²) in [5.74, 6) is -2.06. The molecule has 4 unspecified atom stereocenters. The van der Waals surface area contributed by atoms with Crippen molar-refractivity contribution in [3.05, 3.63) is 97.1 Å². The number of hydrogen-bond donors (Lipinski definition) is 4. The van der Waals surface area contributed by atoms with E-state index in [-0.39, 0.29) is 56.4 Å². The Morgan fingerprint density at radius 2 is 1.52 bits per heavy atom. The zero-order valence-corrected chi connectivity index (χ0v) is 28.2. The molecular weight excluding hydrogens is 610 g/mol. The molecular formula is C38H53N3O7. The molecule has 2 rings (SSSR count). The summed E-state index contributed by atoms with van der Waals surface area (Å²) in [6.45, 7) is 9.49. The van der Waals surface area contributed by atoms with Gasteiger partial charge in [0.15, 0.2) is 0 Å². The van der Waals surface area contributed by atoms with Crippen LogP contribution in [0, 0.1) is 11.8 Å². The molecule has 0 aliphatic carbocycles. The molecule has 0 saturated heterocycles. The lowest BCUT2D eigenvalue weighted by atomic mass is 9.94. The Kier molecular flexibility index (Phi) is 19.7. The lowest BCUT2D eigenvalue weighted by Gasteiger charge is -2.24. The van der Waals surface area contributed by atoms with Crippen molar-refractivity contribution in [1.82, 2.24) is 16.0 Å². The third-order valence-electron chi connectivity index (χ3n) is 7.79. The smallest absolute Gasteiger partial charge is 0.407 e. The Hall–Kier alpha value is -4.44. The van der Waals surface area contributed by atoms with Gasteiger partial charge in [0, 0.05) is 19.0 Å². The SMILES string of the molecule is C=CCCCC(Cc1ccccc1)C(=O)OCC(CCCCNC(=O)OCc1ccccc1)NC(=O)C(CC=C)CC(=O)NC(C)CO. The lowest BCUT2D eigenvalue weighted by molar-refractivity contribution is -0.150.